The Bertz CT molecular complexity index is 778. The first kappa shape index (κ1) is 11.3. The first-order valence-electron chi connectivity index (χ1n) is 5.81. The third-order valence-electron chi connectivity index (χ3n) is 2.77. The second-order valence-corrected chi connectivity index (χ2v) is 4.14. The summed E-state index contributed by atoms with van der Waals surface area (Å²) in [6.07, 6.45) is 0. The molecule has 0 amide bonds. The van der Waals surface area contributed by atoms with Crippen molar-refractivity contribution in [2.75, 3.05) is 0 Å². The highest BCUT2D eigenvalue weighted by molar-refractivity contribution is 5.85. The van der Waals surface area contributed by atoms with Gasteiger partial charge in [-0.25, -0.2) is 0 Å². The Morgan fingerprint density at radius 3 is 2.53 bits per heavy atom. The molecular weight excluding hydrogens is 242 g/mol. The molecule has 2 aromatic carbocycles. The Kier molecular flexibility index (Phi) is 2.68. The van der Waals surface area contributed by atoms with Crippen molar-refractivity contribution in [2.24, 2.45) is 0 Å². The molecule has 0 unspecified atom stereocenters. The van der Waals surface area contributed by atoms with Gasteiger partial charge >= 0.3 is 0 Å². The van der Waals surface area contributed by atoms with E-state index >= 15 is 0 Å². The molecule has 0 spiro atoms. The molecule has 0 aliphatic carbocycles. The van der Waals surface area contributed by atoms with Gasteiger partial charge in [0, 0.05) is 17.5 Å². The van der Waals surface area contributed by atoms with Crippen molar-refractivity contribution in [1.82, 2.24) is 4.98 Å². The normalized spacial score (nSPS) is 10.5. The SMILES string of the molecule is O=c1cc(O)c2ccc(Oc3ccccc3)cc2[nH]1. The van der Waals surface area contributed by atoms with Crippen LogP contribution in [0.5, 0.6) is 17.2 Å². The van der Waals surface area contributed by atoms with Crippen molar-refractivity contribution in [2.45, 2.75) is 0 Å². The van der Waals surface area contributed by atoms with Crippen LogP contribution >= 0.6 is 0 Å². The number of nitrogens with one attached hydrogen (secondary N) is 1. The summed E-state index contributed by atoms with van der Waals surface area (Å²) in [5, 5.41) is 10.3. The van der Waals surface area contributed by atoms with Crippen LogP contribution in [0.1, 0.15) is 0 Å². The predicted octanol–water partition coefficient (Wildman–Crippen LogP) is 3.03. The van der Waals surface area contributed by atoms with E-state index in [9.17, 15) is 9.90 Å². The number of rotatable bonds is 2. The summed E-state index contributed by atoms with van der Waals surface area (Å²) < 4.78 is 5.66. The quantitative estimate of drug-likeness (QED) is 0.738. The van der Waals surface area contributed by atoms with Gasteiger partial charge in [0.1, 0.15) is 17.2 Å². The van der Waals surface area contributed by atoms with Gasteiger partial charge in [0.15, 0.2) is 0 Å². The van der Waals surface area contributed by atoms with Crippen molar-refractivity contribution >= 4 is 10.9 Å². The van der Waals surface area contributed by atoms with E-state index in [1.165, 1.54) is 0 Å². The van der Waals surface area contributed by atoms with Crippen LogP contribution in [0.2, 0.25) is 0 Å². The van der Waals surface area contributed by atoms with Gasteiger partial charge in [0.2, 0.25) is 0 Å². The molecule has 0 bridgehead atoms. The highest BCUT2D eigenvalue weighted by Crippen LogP contribution is 2.27. The van der Waals surface area contributed by atoms with Crippen LogP contribution in [-0.2, 0) is 0 Å². The van der Waals surface area contributed by atoms with Crippen molar-refractivity contribution in [3.8, 4) is 17.2 Å². The first-order valence-corrected chi connectivity index (χ1v) is 5.81. The molecule has 94 valence electrons. The minimum atomic E-state index is -0.345. The summed E-state index contributed by atoms with van der Waals surface area (Å²) in [4.78, 5) is 14.0. The second-order valence-electron chi connectivity index (χ2n) is 4.14. The molecule has 1 aromatic heterocycles. The molecule has 0 fully saturated rings. The van der Waals surface area contributed by atoms with Crippen molar-refractivity contribution in [1.29, 1.82) is 0 Å². The maximum Gasteiger partial charge on any atom is 0.252 e. The number of para-hydroxylation sites is 1. The fraction of sp³-hybridized carbons (Fsp3) is 0. The smallest absolute Gasteiger partial charge is 0.252 e. The lowest BCUT2D eigenvalue weighted by molar-refractivity contribution is 0.478. The van der Waals surface area contributed by atoms with Gasteiger partial charge in [-0.1, -0.05) is 18.2 Å². The van der Waals surface area contributed by atoms with Crippen LogP contribution < -0.4 is 10.3 Å². The number of aromatic nitrogens is 1. The molecule has 0 radical (unpaired) electrons. The lowest BCUT2D eigenvalue weighted by Gasteiger charge is -2.07. The Morgan fingerprint density at radius 1 is 0.947 bits per heavy atom. The van der Waals surface area contributed by atoms with Crippen molar-refractivity contribution in [3.63, 3.8) is 0 Å². The fourth-order valence-corrected chi connectivity index (χ4v) is 1.91. The van der Waals surface area contributed by atoms with Crippen LogP contribution in [0.15, 0.2) is 59.4 Å². The minimum absolute atomic E-state index is 0.0370. The Hall–Kier alpha value is -2.75. The summed E-state index contributed by atoms with van der Waals surface area (Å²) in [7, 11) is 0. The lowest BCUT2D eigenvalue weighted by Crippen LogP contribution is -2.02. The zero-order chi connectivity index (χ0) is 13.2. The molecule has 2 N–H and O–H groups in total. The monoisotopic (exact) mass is 253 g/mol. The maximum absolute atomic E-state index is 11.3. The van der Waals surface area contributed by atoms with Crippen molar-refractivity contribution in [3.05, 3.63) is 65.0 Å². The van der Waals surface area contributed by atoms with E-state index in [1.807, 2.05) is 30.3 Å². The second kappa shape index (κ2) is 4.49. The maximum atomic E-state index is 11.3. The van der Waals surface area contributed by atoms with Crippen LogP contribution in [0.4, 0.5) is 0 Å². The molecular formula is C15H11NO3. The molecule has 4 nitrogen and oxygen atoms in total. The number of ether oxygens (including phenoxy) is 1. The zero-order valence-corrected chi connectivity index (χ0v) is 9.96. The molecule has 3 rings (SSSR count). The van der Waals surface area contributed by atoms with Crippen molar-refractivity contribution < 1.29 is 9.84 Å². The van der Waals surface area contributed by atoms with E-state index in [2.05, 4.69) is 4.98 Å². The van der Waals surface area contributed by atoms with Gasteiger partial charge in [0.25, 0.3) is 5.56 Å². The topological polar surface area (TPSA) is 62.3 Å². The van der Waals surface area contributed by atoms with E-state index < -0.39 is 0 Å². The Balaban J connectivity index is 2.05. The number of H-pyrrole nitrogens is 1. The van der Waals surface area contributed by atoms with Gasteiger partial charge in [-0.3, -0.25) is 4.79 Å². The highest BCUT2D eigenvalue weighted by atomic mass is 16.5. The number of hydrogen-bond acceptors (Lipinski definition) is 3. The van der Waals surface area contributed by atoms with Crippen LogP contribution in [-0.4, -0.2) is 10.1 Å². The number of aromatic hydroxyl groups is 1. The molecule has 3 aromatic rings. The summed E-state index contributed by atoms with van der Waals surface area (Å²) in [5.41, 5.74) is 0.195. The molecule has 0 saturated heterocycles. The molecule has 1 heterocycles. The van der Waals surface area contributed by atoms with Gasteiger partial charge < -0.3 is 14.8 Å². The molecule has 4 heteroatoms. The van der Waals surface area contributed by atoms with Gasteiger partial charge in [-0.2, -0.15) is 0 Å². The van der Waals surface area contributed by atoms with Crippen LogP contribution in [0.3, 0.4) is 0 Å². The number of hydrogen-bond donors (Lipinski definition) is 2. The molecule has 19 heavy (non-hydrogen) atoms. The highest BCUT2D eigenvalue weighted by Gasteiger charge is 2.04. The Morgan fingerprint density at radius 2 is 1.74 bits per heavy atom. The fourth-order valence-electron chi connectivity index (χ4n) is 1.91. The van der Waals surface area contributed by atoms with E-state index in [4.69, 9.17) is 4.74 Å². The summed E-state index contributed by atoms with van der Waals surface area (Å²) in [6.45, 7) is 0. The molecule has 0 atom stereocenters. The number of fused-ring (bicyclic) bond motifs is 1. The molecule has 0 aliphatic rings. The first-order chi connectivity index (χ1) is 9.22. The number of benzene rings is 2. The van der Waals surface area contributed by atoms with Gasteiger partial charge in [-0.05, 0) is 24.3 Å². The largest absolute Gasteiger partial charge is 0.507 e. The van der Waals surface area contributed by atoms with Crippen LogP contribution in [0.25, 0.3) is 10.9 Å². The minimum Gasteiger partial charge on any atom is -0.507 e. The summed E-state index contributed by atoms with van der Waals surface area (Å²) >= 11 is 0. The molecule has 0 saturated carbocycles. The lowest BCUT2D eigenvalue weighted by atomic mass is 10.2. The molecule has 0 aliphatic heterocycles. The van der Waals surface area contributed by atoms with E-state index in [0.29, 0.717) is 22.4 Å². The van der Waals surface area contributed by atoms with E-state index in [1.54, 1.807) is 18.2 Å². The van der Waals surface area contributed by atoms with E-state index in [0.717, 1.165) is 6.07 Å². The van der Waals surface area contributed by atoms with Gasteiger partial charge in [-0.15, -0.1) is 0 Å². The third kappa shape index (κ3) is 2.28. The number of aromatic amines is 1. The number of pyridine rings is 1. The van der Waals surface area contributed by atoms with Crippen LogP contribution in [0, 0.1) is 0 Å². The summed E-state index contributed by atoms with van der Waals surface area (Å²) in [5.74, 6) is 1.27. The van der Waals surface area contributed by atoms with E-state index in [-0.39, 0.29) is 11.3 Å². The predicted molar refractivity (Wildman–Crippen MR) is 72.7 cm³/mol. The average molecular weight is 253 g/mol. The zero-order valence-electron chi connectivity index (χ0n) is 9.96. The van der Waals surface area contributed by atoms with Gasteiger partial charge in [0.05, 0.1) is 5.52 Å². The third-order valence-corrected chi connectivity index (χ3v) is 2.77. The Labute approximate surface area is 108 Å². The average Bonchev–Trinajstić information content (AvgIpc) is 2.39. The standard InChI is InChI=1S/C15H11NO3/c17-14-9-15(18)16-13-8-11(6-7-12(13)14)19-10-4-2-1-3-5-10/h1-9H,(H2,16,17,18). The summed E-state index contributed by atoms with van der Waals surface area (Å²) in [6, 6.07) is 15.6.